The summed E-state index contributed by atoms with van der Waals surface area (Å²) in [4.78, 5) is 11.7. The van der Waals surface area contributed by atoms with Gasteiger partial charge in [-0.25, -0.2) is 0 Å². The minimum atomic E-state index is -0.194. The van der Waals surface area contributed by atoms with Gasteiger partial charge in [-0.2, -0.15) is 0 Å². The van der Waals surface area contributed by atoms with E-state index in [0.717, 1.165) is 6.42 Å². The number of carbonyl (C=O) groups excluding carboxylic acids is 1. The Kier molecular flexibility index (Phi) is 3.49. The van der Waals surface area contributed by atoms with Crippen molar-refractivity contribution in [2.75, 3.05) is 19.8 Å². The molecule has 3 N–H and O–H groups in total. The average Bonchev–Trinajstić information content (AvgIpc) is 2.52. The summed E-state index contributed by atoms with van der Waals surface area (Å²) in [5.74, 6) is 0.693. The number of phenols is 1. The minimum absolute atomic E-state index is 0.0901. The van der Waals surface area contributed by atoms with Crippen molar-refractivity contribution in [1.29, 1.82) is 0 Å². The van der Waals surface area contributed by atoms with E-state index in [1.165, 1.54) is 12.1 Å². The van der Waals surface area contributed by atoms with Gasteiger partial charge in [-0.15, -0.1) is 0 Å². The summed E-state index contributed by atoms with van der Waals surface area (Å²) in [6.07, 6.45) is 0.981. The van der Waals surface area contributed by atoms with Crippen molar-refractivity contribution >= 4 is 5.78 Å². The molecule has 0 radical (unpaired) electrons. The number of nitrogens with two attached hydrogens (primary N) is 1. The third kappa shape index (κ3) is 2.50. The van der Waals surface area contributed by atoms with E-state index in [2.05, 4.69) is 0 Å². The zero-order chi connectivity index (χ0) is 12.3. The molecule has 2 rings (SSSR count). The van der Waals surface area contributed by atoms with E-state index in [1.807, 2.05) is 0 Å². The largest absolute Gasteiger partial charge is 0.507 e. The van der Waals surface area contributed by atoms with Crippen LogP contribution in [0, 0.1) is 0 Å². The van der Waals surface area contributed by atoms with Gasteiger partial charge in [-0.1, -0.05) is 0 Å². The van der Waals surface area contributed by atoms with Gasteiger partial charge in [0.05, 0.1) is 18.8 Å². The van der Waals surface area contributed by atoms with Gasteiger partial charge in [0.15, 0.2) is 17.3 Å². The van der Waals surface area contributed by atoms with Crippen molar-refractivity contribution in [2.24, 2.45) is 5.73 Å². The van der Waals surface area contributed by atoms with Crippen LogP contribution in [-0.2, 0) is 0 Å². The number of ether oxygens (including phenoxy) is 2. The lowest BCUT2D eigenvalue weighted by Gasteiger charge is -2.10. The Morgan fingerprint density at radius 3 is 2.59 bits per heavy atom. The molecule has 1 heterocycles. The number of rotatable bonds is 3. The monoisotopic (exact) mass is 237 g/mol. The van der Waals surface area contributed by atoms with Crippen LogP contribution in [0.4, 0.5) is 0 Å². The third-order valence-electron chi connectivity index (χ3n) is 2.54. The fraction of sp³-hybridized carbons (Fsp3) is 0.417. The number of Topliss-reactive ketones (excluding diaryl/α,β-unsaturated/α-hetero) is 1. The van der Waals surface area contributed by atoms with Gasteiger partial charge in [0.1, 0.15) is 5.75 Å². The number of benzene rings is 1. The first-order valence-electron chi connectivity index (χ1n) is 5.58. The molecule has 1 aromatic carbocycles. The molecule has 5 nitrogen and oxygen atoms in total. The average molecular weight is 237 g/mol. The molecule has 1 aliphatic rings. The number of hydrogen-bond acceptors (Lipinski definition) is 5. The van der Waals surface area contributed by atoms with E-state index in [0.29, 0.717) is 24.7 Å². The van der Waals surface area contributed by atoms with Gasteiger partial charge in [-0.05, 0) is 12.6 Å². The van der Waals surface area contributed by atoms with Gasteiger partial charge in [0.2, 0.25) is 0 Å². The predicted octanol–water partition coefficient (Wildman–Crippen LogP) is 1.09. The highest BCUT2D eigenvalue weighted by molar-refractivity contribution is 5.99. The van der Waals surface area contributed by atoms with E-state index >= 15 is 0 Å². The maximum Gasteiger partial charge on any atom is 0.167 e. The lowest BCUT2D eigenvalue weighted by Crippen LogP contribution is -2.08. The maximum absolute atomic E-state index is 11.7. The van der Waals surface area contributed by atoms with Crippen LogP contribution in [0.3, 0.4) is 0 Å². The highest BCUT2D eigenvalue weighted by Gasteiger charge is 2.18. The maximum atomic E-state index is 11.7. The van der Waals surface area contributed by atoms with E-state index in [-0.39, 0.29) is 30.1 Å². The molecule has 0 saturated heterocycles. The fourth-order valence-electron chi connectivity index (χ4n) is 1.69. The van der Waals surface area contributed by atoms with Crippen LogP contribution in [0.5, 0.6) is 17.2 Å². The second kappa shape index (κ2) is 5.05. The quantitative estimate of drug-likeness (QED) is 0.769. The van der Waals surface area contributed by atoms with Gasteiger partial charge in [0.25, 0.3) is 0 Å². The first kappa shape index (κ1) is 11.7. The summed E-state index contributed by atoms with van der Waals surface area (Å²) in [6.45, 7) is 1.34. The van der Waals surface area contributed by atoms with Crippen molar-refractivity contribution in [3.63, 3.8) is 0 Å². The highest BCUT2D eigenvalue weighted by Crippen LogP contribution is 2.36. The van der Waals surface area contributed by atoms with Gasteiger partial charge in [-0.3, -0.25) is 4.79 Å². The molecule has 0 amide bonds. The summed E-state index contributed by atoms with van der Waals surface area (Å²) in [6, 6.07) is 2.94. The second-order valence-electron chi connectivity index (χ2n) is 3.83. The van der Waals surface area contributed by atoms with Crippen LogP contribution in [0.1, 0.15) is 23.2 Å². The van der Waals surface area contributed by atoms with Gasteiger partial charge in [0, 0.05) is 18.9 Å². The topological polar surface area (TPSA) is 81.8 Å². The number of hydrogen-bond donors (Lipinski definition) is 2. The molecular weight excluding hydrogens is 222 g/mol. The first-order valence-corrected chi connectivity index (χ1v) is 5.58. The molecule has 0 bridgehead atoms. The van der Waals surface area contributed by atoms with Crippen LogP contribution in [-0.4, -0.2) is 30.6 Å². The van der Waals surface area contributed by atoms with Crippen LogP contribution in [0.2, 0.25) is 0 Å². The Morgan fingerprint density at radius 1 is 1.29 bits per heavy atom. The number of carbonyl (C=O) groups is 1. The Hall–Kier alpha value is -1.75. The molecule has 0 saturated carbocycles. The van der Waals surface area contributed by atoms with Crippen LogP contribution in [0.25, 0.3) is 0 Å². The normalized spacial score (nSPS) is 14.2. The Morgan fingerprint density at radius 2 is 1.94 bits per heavy atom. The molecule has 17 heavy (non-hydrogen) atoms. The SMILES string of the molecule is NCCC(=O)c1cc2c(cc1O)OCCCO2. The van der Waals surface area contributed by atoms with Crippen molar-refractivity contribution < 1.29 is 19.4 Å². The summed E-state index contributed by atoms with van der Waals surface area (Å²) < 4.78 is 10.9. The first-order chi connectivity index (χ1) is 8.22. The molecule has 0 aliphatic carbocycles. The summed E-state index contributed by atoms with van der Waals surface area (Å²) >= 11 is 0. The van der Waals surface area contributed by atoms with Gasteiger partial charge >= 0.3 is 0 Å². The Balaban J connectivity index is 2.35. The van der Waals surface area contributed by atoms with Crippen molar-refractivity contribution in [3.8, 4) is 17.2 Å². The molecule has 0 aromatic heterocycles. The predicted molar refractivity (Wildman–Crippen MR) is 61.7 cm³/mol. The highest BCUT2D eigenvalue weighted by atomic mass is 16.5. The number of ketones is 1. The molecule has 0 unspecified atom stereocenters. The Bertz CT molecular complexity index is 431. The smallest absolute Gasteiger partial charge is 0.167 e. The number of aromatic hydroxyl groups is 1. The van der Waals surface area contributed by atoms with E-state index in [1.54, 1.807) is 0 Å². The van der Waals surface area contributed by atoms with E-state index in [9.17, 15) is 9.90 Å². The Labute approximate surface area is 99.1 Å². The lowest BCUT2D eigenvalue weighted by molar-refractivity contribution is 0.0982. The summed E-state index contributed by atoms with van der Waals surface area (Å²) in [5.41, 5.74) is 5.56. The molecule has 5 heteroatoms. The number of phenolic OH excluding ortho intramolecular Hbond substituents is 1. The summed E-state index contributed by atoms with van der Waals surface area (Å²) in [5, 5.41) is 9.76. The van der Waals surface area contributed by atoms with Crippen LogP contribution < -0.4 is 15.2 Å². The second-order valence-corrected chi connectivity index (χ2v) is 3.83. The van der Waals surface area contributed by atoms with Crippen molar-refractivity contribution in [1.82, 2.24) is 0 Å². The number of fused-ring (bicyclic) bond motifs is 1. The molecule has 92 valence electrons. The standard InChI is InChI=1S/C12H15NO4/c13-3-2-9(14)8-6-11-12(7-10(8)15)17-5-1-4-16-11/h6-7,15H,1-5,13H2. The summed E-state index contributed by atoms with van der Waals surface area (Å²) in [7, 11) is 0. The molecule has 0 spiro atoms. The molecule has 0 atom stereocenters. The minimum Gasteiger partial charge on any atom is -0.507 e. The lowest BCUT2D eigenvalue weighted by atomic mass is 10.1. The zero-order valence-corrected chi connectivity index (χ0v) is 9.44. The fourth-order valence-corrected chi connectivity index (χ4v) is 1.69. The molecular formula is C12H15NO4. The van der Waals surface area contributed by atoms with Crippen LogP contribution in [0.15, 0.2) is 12.1 Å². The molecule has 1 aliphatic heterocycles. The van der Waals surface area contributed by atoms with Crippen LogP contribution >= 0.6 is 0 Å². The molecule has 1 aromatic rings. The van der Waals surface area contributed by atoms with Gasteiger partial charge < -0.3 is 20.3 Å². The third-order valence-corrected chi connectivity index (χ3v) is 2.54. The van der Waals surface area contributed by atoms with Crippen molar-refractivity contribution in [3.05, 3.63) is 17.7 Å². The zero-order valence-electron chi connectivity index (χ0n) is 9.44. The molecule has 0 fully saturated rings. The van der Waals surface area contributed by atoms with Crippen molar-refractivity contribution in [2.45, 2.75) is 12.8 Å². The van der Waals surface area contributed by atoms with E-state index in [4.69, 9.17) is 15.2 Å². The van der Waals surface area contributed by atoms with E-state index < -0.39 is 0 Å².